The summed E-state index contributed by atoms with van der Waals surface area (Å²) < 4.78 is 5.45. The highest BCUT2D eigenvalue weighted by Crippen LogP contribution is 2.17. The lowest BCUT2D eigenvalue weighted by Crippen LogP contribution is -2.51. The average Bonchev–Trinajstić information content (AvgIpc) is 2.69. The van der Waals surface area contributed by atoms with Crippen LogP contribution in [-0.2, 0) is 4.74 Å². The van der Waals surface area contributed by atoms with Crippen LogP contribution >= 0.6 is 0 Å². The van der Waals surface area contributed by atoms with Crippen LogP contribution in [0.25, 0.3) is 0 Å². The molecule has 1 atom stereocenters. The minimum absolute atomic E-state index is 0.0865. The van der Waals surface area contributed by atoms with E-state index in [2.05, 4.69) is 38.9 Å². The van der Waals surface area contributed by atoms with Crippen LogP contribution < -0.4 is 10.2 Å². The summed E-state index contributed by atoms with van der Waals surface area (Å²) in [5, 5.41) is 3.10. The Hall–Kier alpha value is -1.73. The van der Waals surface area contributed by atoms with Crippen LogP contribution in [0.2, 0.25) is 0 Å². The maximum atomic E-state index is 12.7. The molecule has 0 unspecified atom stereocenters. The third kappa shape index (κ3) is 5.17. The maximum absolute atomic E-state index is 12.7. The van der Waals surface area contributed by atoms with Crippen LogP contribution in [0.1, 0.15) is 49.2 Å². The monoisotopic (exact) mass is 375 g/mol. The van der Waals surface area contributed by atoms with Crippen molar-refractivity contribution in [1.82, 2.24) is 20.2 Å². The second-order valence-electron chi connectivity index (χ2n) is 7.89. The number of anilines is 1. The first-order valence-electron chi connectivity index (χ1n) is 10.2. The van der Waals surface area contributed by atoms with Crippen molar-refractivity contribution in [3.63, 3.8) is 0 Å². The third-order valence-corrected chi connectivity index (χ3v) is 5.61. The van der Waals surface area contributed by atoms with Gasteiger partial charge in [-0.3, -0.25) is 9.69 Å². The van der Waals surface area contributed by atoms with Crippen molar-refractivity contribution in [1.29, 1.82) is 0 Å². The Labute approximate surface area is 162 Å². The standard InChI is InChI=1S/C20H33N5O2/c1-15(2)18(24-9-11-27-12-10-24)14-21-19(26)17-13-22-20(23-16(17)3)25-7-5-4-6-8-25/h13,15,18H,4-12,14H2,1-3H3,(H,21,26)/t18-/m1/s1. The number of piperidine rings is 1. The Kier molecular flexibility index (Phi) is 7.01. The molecule has 0 saturated carbocycles. The van der Waals surface area contributed by atoms with Crippen molar-refractivity contribution < 1.29 is 9.53 Å². The fourth-order valence-corrected chi connectivity index (χ4v) is 3.91. The lowest BCUT2D eigenvalue weighted by Gasteiger charge is -2.36. The first-order chi connectivity index (χ1) is 13.1. The van der Waals surface area contributed by atoms with Gasteiger partial charge < -0.3 is 15.0 Å². The molecule has 2 aliphatic rings. The number of hydrogen-bond donors (Lipinski definition) is 1. The number of carbonyl (C=O) groups excluding carboxylic acids is 1. The molecule has 1 aromatic rings. The number of carbonyl (C=O) groups is 1. The van der Waals surface area contributed by atoms with Crippen molar-refractivity contribution in [2.24, 2.45) is 5.92 Å². The van der Waals surface area contributed by atoms with Crippen LogP contribution in [-0.4, -0.2) is 72.8 Å². The Balaban J connectivity index is 1.61. The van der Waals surface area contributed by atoms with Gasteiger partial charge in [-0.1, -0.05) is 13.8 Å². The van der Waals surface area contributed by atoms with E-state index in [1.807, 2.05) is 6.92 Å². The van der Waals surface area contributed by atoms with Gasteiger partial charge in [-0.05, 0) is 32.1 Å². The number of hydrogen-bond acceptors (Lipinski definition) is 6. The van der Waals surface area contributed by atoms with Gasteiger partial charge in [0.1, 0.15) is 0 Å². The fraction of sp³-hybridized carbons (Fsp3) is 0.750. The van der Waals surface area contributed by atoms with Crippen molar-refractivity contribution in [3.05, 3.63) is 17.5 Å². The van der Waals surface area contributed by atoms with Crippen molar-refractivity contribution in [2.45, 2.75) is 46.1 Å². The number of aryl methyl sites for hydroxylation is 1. The summed E-state index contributed by atoms with van der Waals surface area (Å²) in [5.41, 5.74) is 1.32. The zero-order valence-corrected chi connectivity index (χ0v) is 16.9. The zero-order valence-electron chi connectivity index (χ0n) is 16.9. The van der Waals surface area contributed by atoms with Gasteiger partial charge in [0.25, 0.3) is 5.91 Å². The summed E-state index contributed by atoms with van der Waals surface area (Å²) in [4.78, 5) is 26.4. The molecular weight excluding hydrogens is 342 g/mol. The van der Waals surface area contributed by atoms with Gasteiger partial charge in [-0.25, -0.2) is 9.97 Å². The molecule has 7 heteroatoms. The number of nitrogens with zero attached hydrogens (tertiary/aromatic N) is 4. The van der Waals surface area contributed by atoms with E-state index in [0.29, 0.717) is 24.1 Å². The molecule has 150 valence electrons. The highest BCUT2D eigenvalue weighted by Gasteiger charge is 2.25. The summed E-state index contributed by atoms with van der Waals surface area (Å²) in [6, 6.07) is 0.312. The number of amides is 1. The summed E-state index contributed by atoms with van der Waals surface area (Å²) >= 11 is 0. The molecule has 3 rings (SSSR count). The van der Waals surface area contributed by atoms with Gasteiger partial charge >= 0.3 is 0 Å². The second-order valence-corrected chi connectivity index (χ2v) is 7.89. The molecule has 7 nitrogen and oxygen atoms in total. The number of rotatable bonds is 6. The summed E-state index contributed by atoms with van der Waals surface area (Å²) in [7, 11) is 0. The van der Waals surface area contributed by atoms with E-state index in [9.17, 15) is 4.79 Å². The van der Waals surface area contributed by atoms with Crippen LogP contribution in [0, 0.1) is 12.8 Å². The van der Waals surface area contributed by atoms with Gasteiger partial charge in [0, 0.05) is 45.0 Å². The van der Waals surface area contributed by atoms with E-state index in [-0.39, 0.29) is 5.91 Å². The lowest BCUT2D eigenvalue weighted by atomic mass is 10.0. The van der Waals surface area contributed by atoms with Gasteiger partial charge in [0.2, 0.25) is 5.95 Å². The predicted octanol–water partition coefficient (Wildman–Crippen LogP) is 1.86. The summed E-state index contributed by atoms with van der Waals surface area (Å²) in [6.07, 6.45) is 5.32. The summed E-state index contributed by atoms with van der Waals surface area (Å²) in [5.74, 6) is 1.12. The van der Waals surface area contributed by atoms with Crippen LogP contribution in [0.4, 0.5) is 5.95 Å². The number of ether oxygens (including phenoxy) is 1. The molecule has 3 heterocycles. The smallest absolute Gasteiger partial charge is 0.254 e. The van der Waals surface area contributed by atoms with Crippen LogP contribution in [0.5, 0.6) is 0 Å². The second kappa shape index (κ2) is 9.46. The molecule has 2 fully saturated rings. The molecule has 27 heavy (non-hydrogen) atoms. The molecule has 2 saturated heterocycles. The van der Waals surface area contributed by atoms with Crippen molar-refractivity contribution in [2.75, 3.05) is 50.8 Å². The molecule has 0 spiro atoms. The van der Waals surface area contributed by atoms with E-state index >= 15 is 0 Å². The van der Waals surface area contributed by atoms with Gasteiger partial charge in [0.15, 0.2) is 0 Å². The normalized spacial score (nSPS) is 19.9. The van der Waals surface area contributed by atoms with E-state index in [1.165, 1.54) is 19.3 Å². The molecule has 0 aromatic carbocycles. The Morgan fingerprint density at radius 1 is 1.19 bits per heavy atom. The Bertz CT molecular complexity index is 625. The largest absolute Gasteiger partial charge is 0.379 e. The topological polar surface area (TPSA) is 70.6 Å². The van der Waals surface area contributed by atoms with E-state index in [1.54, 1.807) is 6.20 Å². The SMILES string of the molecule is Cc1nc(N2CCCCC2)ncc1C(=O)NC[C@H](C(C)C)N1CCOCC1. The van der Waals surface area contributed by atoms with E-state index in [4.69, 9.17) is 4.74 Å². The highest BCUT2D eigenvalue weighted by atomic mass is 16.5. The summed E-state index contributed by atoms with van der Waals surface area (Å²) in [6.45, 7) is 12.3. The minimum Gasteiger partial charge on any atom is -0.379 e. The Morgan fingerprint density at radius 3 is 2.52 bits per heavy atom. The molecule has 1 N–H and O–H groups in total. The van der Waals surface area contributed by atoms with E-state index < -0.39 is 0 Å². The van der Waals surface area contributed by atoms with E-state index in [0.717, 1.165) is 51.0 Å². The van der Waals surface area contributed by atoms with Crippen LogP contribution in [0.15, 0.2) is 6.20 Å². The Morgan fingerprint density at radius 2 is 1.89 bits per heavy atom. The first-order valence-corrected chi connectivity index (χ1v) is 10.2. The third-order valence-electron chi connectivity index (χ3n) is 5.61. The highest BCUT2D eigenvalue weighted by molar-refractivity contribution is 5.95. The van der Waals surface area contributed by atoms with Crippen LogP contribution in [0.3, 0.4) is 0 Å². The molecule has 1 amide bonds. The van der Waals surface area contributed by atoms with Crippen molar-refractivity contribution in [3.8, 4) is 0 Å². The number of aromatic nitrogens is 2. The zero-order chi connectivity index (χ0) is 19.2. The quantitative estimate of drug-likeness (QED) is 0.818. The molecular formula is C20H33N5O2. The minimum atomic E-state index is -0.0865. The van der Waals surface area contributed by atoms with Gasteiger partial charge in [-0.2, -0.15) is 0 Å². The lowest BCUT2D eigenvalue weighted by molar-refractivity contribution is 0.00672. The van der Waals surface area contributed by atoms with Crippen molar-refractivity contribution >= 4 is 11.9 Å². The van der Waals surface area contributed by atoms with Gasteiger partial charge in [-0.15, -0.1) is 0 Å². The molecule has 0 aliphatic carbocycles. The number of morpholine rings is 1. The maximum Gasteiger partial charge on any atom is 0.254 e. The predicted molar refractivity (Wildman–Crippen MR) is 106 cm³/mol. The molecule has 1 aromatic heterocycles. The number of nitrogens with one attached hydrogen (secondary N) is 1. The fourth-order valence-electron chi connectivity index (χ4n) is 3.91. The molecule has 0 bridgehead atoms. The first kappa shape index (κ1) is 20.0. The molecule has 2 aliphatic heterocycles. The average molecular weight is 376 g/mol. The van der Waals surface area contributed by atoms with Gasteiger partial charge in [0.05, 0.1) is 24.5 Å². The molecule has 0 radical (unpaired) electrons.